The molecule has 1 aliphatic heterocycles. The predicted molar refractivity (Wildman–Crippen MR) is 41.4 cm³/mol. The average Bonchev–Trinajstić information content (AvgIpc) is 2.20. The van der Waals surface area contributed by atoms with Crippen molar-refractivity contribution in [2.24, 2.45) is 0 Å². The fourth-order valence-electron chi connectivity index (χ4n) is 1.64. The van der Waals surface area contributed by atoms with Crippen molar-refractivity contribution in [3.63, 3.8) is 0 Å². The molecule has 54 valence electrons. The molecule has 0 amide bonds. The maximum atomic E-state index is 3.43. The Bertz CT molecular complexity index is 217. The van der Waals surface area contributed by atoms with Crippen molar-refractivity contribution in [1.29, 1.82) is 0 Å². The van der Waals surface area contributed by atoms with E-state index in [2.05, 4.69) is 42.7 Å². The van der Waals surface area contributed by atoms with Gasteiger partial charge in [-0.2, -0.15) is 0 Å². The SMILES string of the molecule is CC1NC2=CC=C[C@]2(C)N1. The molecule has 0 saturated carbocycles. The van der Waals surface area contributed by atoms with Crippen LogP contribution in [0.2, 0.25) is 0 Å². The van der Waals surface area contributed by atoms with Gasteiger partial charge in [0.1, 0.15) is 0 Å². The van der Waals surface area contributed by atoms with Gasteiger partial charge in [0, 0.05) is 5.70 Å². The van der Waals surface area contributed by atoms with Crippen LogP contribution in [-0.4, -0.2) is 11.7 Å². The van der Waals surface area contributed by atoms with Crippen molar-refractivity contribution in [2.75, 3.05) is 0 Å². The lowest BCUT2D eigenvalue weighted by Crippen LogP contribution is -2.37. The molecule has 2 aliphatic rings. The van der Waals surface area contributed by atoms with E-state index in [4.69, 9.17) is 0 Å². The molecule has 10 heavy (non-hydrogen) atoms. The van der Waals surface area contributed by atoms with Crippen LogP contribution in [0.1, 0.15) is 13.8 Å². The van der Waals surface area contributed by atoms with E-state index in [1.807, 2.05) is 0 Å². The van der Waals surface area contributed by atoms with Gasteiger partial charge in [-0.15, -0.1) is 0 Å². The van der Waals surface area contributed by atoms with E-state index in [0.29, 0.717) is 6.17 Å². The Hall–Kier alpha value is -0.760. The van der Waals surface area contributed by atoms with Crippen LogP contribution in [0.5, 0.6) is 0 Å². The topological polar surface area (TPSA) is 24.1 Å². The zero-order chi connectivity index (χ0) is 7.19. The molecule has 0 aromatic rings. The summed E-state index contributed by atoms with van der Waals surface area (Å²) in [6.45, 7) is 4.30. The third-order valence-electron chi connectivity index (χ3n) is 2.14. The van der Waals surface area contributed by atoms with E-state index in [9.17, 15) is 0 Å². The van der Waals surface area contributed by atoms with Crippen molar-refractivity contribution >= 4 is 0 Å². The smallest absolute Gasteiger partial charge is 0.0758 e. The minimum Gasteiger partial charge on any atom is -0.372 e. The molecule has 1 heterocycles. The Kier molecular flexibility index (Phi) is 0.980. The second-order valence-corrected chi connectivity index (χ2v) is 3.15. The molecule has 2 rings (SSSR count). The maximum Gasteiger partial charge on any atom is 0.0758 e. The van der Waals surface area contributed by atoms with E-state index < -0.39 is 0 Å². The molecule has 2 N–H and O–H groups in total. The highest BCUT2D eigenvalue weighted by Crippen LogP contribution is 2.26. The predicted octanol–water partition coefficient (Wildman–Crippen LogP) is 0.738. The van der Waals surface area contributed by atoms with Gasteiger partial charge in [-0.3, -0.25) is 5.32 Å². The maximum absolute atomic E-state index is 3.43. The highest BCUT2D eigenvalue weighted by atomic mass is 15.3. The molecule has 0 aromatic carbocycles. The monoisotopic (exact) mass is 136 g/mol. The first-order valence-electron chi connectivity index (χ1n) is 3.65. The average molecular weight is 136 g/mol. The summed E-state index contributed by atoms with van der Waals surface area (Å²) in [5, 5.41) is 6.77. The summed E-state index contributed by atoms with van der Waals surface area (Å²) in [5.74, 6) is 0. The Balaban J connectivity index is 2.33. The normalized spacial score (nSPS) is 43.0. The third kappa shape index (κ3) is 0.625. The molecule has 0 spiro atoms. The van der Waals surface area contributed by atoms with Gasteiger partial charge in [0.25, 0.3) is 0 Å². The molecule has 1 aliphatic carbocycles. The van der Waals surface area contributed by atoms with Crippen LogP contribution in [-0.2, 0) is 0 Å². The van der Waals surface area contributed by atoms with Crippen molar-refractivity contribution in [3.05, 3.63) is 23.9 Å². The summed E-state index contributed by atoms with van der Waals surface area (Å²) in [6.07, 6.45) is 6.79. The summed E-state index contributed by atoms with van der Waals surface area (Å²) < 4.78 is 0. The van der Waals surface area contributed by atoms with Gasteiger partial charge in [0.15, 0.2) is 0 Å². The first-order chi connectivity index (χ1) is 4.71. The van der Waals surface area contributed by atoms with Crippen LogP contribution < -0.4 is 10.6 Å². The molecule has 1 saturated heterocycles. The molecule has 2 atom stereocenters. The molecule has 0 radical (unpaired) electrons. The lowest BCUT2D eigenvalue weighted by molar-refractivity contribution is 0.514. The summed E-state index contributed by atoms with van der Waals surface area (Å²) in [6, 6.07) is 0. The van der Waals surface area contributed by atoms with Crippen molar-refractivity contribution < 1.29 is 0 Å². The largest absolute Gasteiger partial charge is 0.372 e. The minimum absolute atomic E-state index is 0.0966. The van der Waals surface area contributed by atoms with Crippen molar-refractivity contribution in [2.45, 2.75) is 25.6 Å². The van der Waals surface area contributed by atoms with Crippen molar-refractivity contribution in [3.8, 4) is 0 Å². The summed E-state index contributed by atoms with van der Waals surface area (Å²) >= 11 is 0. The van der Waals surface area contributed by atoms with Gasteiger partial charge < -0.3 is 5.32 Å². The summed E-state index contributed by atoms with van der Waals surface area (Å²) in [5.41, 5.74) is 1.39. The van der Waals surface area contributed by atoms with Gasteiger partial charge in [-0.1, -0.05) is 12.2 Å². The van der Waals surface area contributed by atoms with E-state index in [-0.39, 0.29) is 5.54 Å². The van der Waals surface area contributed by atoms with Crippen LogP contribution >= 0.6 is 0 Å². The fourth-order valence-corrected chi connectivity index (χ4v) is 1.64. The van der Waals surface area contributed by atoms with Gasteiger partial charge in [0.05, 0.1) is 11.7 Å². The number of hydrogen-bond acceptors (Lipinski definition) is 2. The van der Waals surface area contributed by atoms with Crippen molar-refractivity contribution in [1.82, 2.24) is 10.6 Å². The number of nitrogens with one attached hydrogen (secondary N) is 2. The van der Waals surface area contributed by atoms with E-state index in [1.54, 1.807) is 0 Å². The summed E-state index contributed by atoms with van der Waals surface area (Å²) in [4.78, 5) is 0. The van der Waals surface area contributed by atoms with E-state index >= 15 is 0 Å². The van der Waals surface area contributed by atoms with Crippen LogP contribution in [0.15, 0.2) is 23.9 Å². The molecule has 2 nitrogen and oxygen atoms in total. The number of fused-ring (bicyclic) bond motifs is 1. The molecule has 0 aromatic heterocycles. The first-order valence-corrected chi connectivity index (χ1v) is 3.65. The van der Waals surface area contributed by atoms with Crippen LogP contribution in [0.3, 0.4) is 0 Å². The zero-order valence-electron chi connectivity index (χ0n) is 6.31. The van der Waals surface area contributed by atoms with Gasteiger partial charge in [-0.25, -0.2) is 0 Å². The molecular weight excluding hydrogens is 124 g/mol. The Morgan fingerprint density at radius 1 is 1.60 bits per heavy atom. The van der Waals surface area contributed by atoms with Gasteiger partial charge >= 0.3 is 0 Å². The zero-order valence-corrected chi connectivity index (χ0v) is 6.31. The van der Waals surface area contributed by atoms with Crippen LogP contribution in [0.4, 0.5) is 0 Å². The molecule has 1 unspecified atom stereocenters. The summed E-state index contributed by atoms with van der Waals surface area (Å²) in [7, 11) is 0. The van der Waals surface area contributed by atoms with E-state index in [1.165, 1.54) is 5.70 Å². The molecular formula is C8H12N2. The minimum atomic E-state index is 0.0966. The lowest BCUT2D eigenvalue weighted by Gasteiger charge is -2.16. The number of hydrogen-bond donors (Lipinski definition) is 2. The molecule has 0 bridgehead atoms. The highest BCUT2D eigenvalue weighted by Gasteiger charge is 2.35. The van der Waals surface area contributed by atoms with Crippen LogP contribution in [0, 0.1) is 0 Å². The Morgan fingerprint density at radius 2 is 2.40 bits per heavy atom. The fraction of sp³-hybridized carbons (Fsp3) is 0.500. The Labute approximate surface area is 61.0 Å². The number of allylic oxidation sites excluding steroid dienone is 2. The van der Waals surface area contributed by atoms with E-state index in [0.717, 1.165) is 0 Å². The lowest BCUT2D eigenvalue weighted by atomic mass is 10.0. The van der Waals surface area contributed by atoms with Gasteiger partial charge in [-0.05, 0) is 19.9 Å². The second kappa shape index (κ2) is 1.64. The first kappa shape index (κ1) is 5.98. The molecule has 2 heteroatoms. The standard InChI is InChI=1S/C8H12N2/c1-6-9-7-4-3-5-8(7,2)10-6/h3-6,9-10H,1-2H3/t6?,8-/m0/s1. The van der Waals surface area contributed by atoms with Crippen LogP contribution in [0.25, 0.3) is 0 Å². The highest BCUT2D eigenvalue weighted by molar-refractivity contribution is 5.39. The number of rotatable bonds is 0. The third-order valence-corrected chi connectivity index (χ3v) is 2.14. The quantitative estimate of drug-likeness (QED) is 0.513. The van der Waals surface area contributed by atoms with Gasteiger partial charge in [0.2, 0.25) is 0 Å². The second-order valence-electron chi connectivity index (χ2n) is 3.15. The molecule has 1 fully saturated rings. The Morgan fingerprint density at radius 3 is 3.10 bits per heavy atom.